The third-order valence-corrected chi connectivity index (χ3v) is 5.26. The number of hydrogen-bond donors (Lipinski definition) is 0. The first-order valence-electron chi connectivity index (χ1n) is 9.07. The normalized spacial score (nSPS) is 11.3. The van der Waals surface area contributed by atoms with Gasteiger partial charge in [-0.1, -0.05) is 11.8 Å². The smallest absolute Gasteiger partial charge is 0.417 e. The average molecular weight is 482 g/mol. The van der Waals surface area contributed by atoms with Crippen molar-refractivity contribution in [1.29, 1.82) is 5.26 Å². The van der Waals surface area contributed by atoms with Gasteiger partial charge < -0.3 is 4.74 Å². The maximum atomic E-state index is 13.6. The molecule has 0 bridgehead atoms. The molecular formula is C22H12F6N2O2S. The molecule has 0 amide bonds. The van der Waals surface area contributed by atoms with Crippen LogP contribution in [0.1, 0.15) is 21.5 Å². The summed E-state index contributed by atoms with van der Waals surface area (Å²) < 4.78 is 82.8. The SMILES string of the molecule is N#Cc1c(C(F)(F)F)cc(-c2ccc(OC(F)F)cc2)nc1SCC(=O)c1ccc(F)cc1. The van der Waals surface area contributed by atoms with Gasteiger partial charge in [-0.15, -0.1) is 0 Å². The van der Waals surface area contributed by atoms with Crippen LogP contribution in [0.25, 0.3) is 11.3 Å². The van der Waals surface area contributed by atoms with Crippen molar-refractivity contribution < 1.29 is 35.9 Å². The summed E-state index contributed by atoms with van der Waals surface area (Å²) >= 11 is 0.629. The molecule has 3 aromatic rings. The Morgan fingerprint density at radius 1 is 1.09 bits per heavy atom. The molecule has 0 aliphatic rings. The van der Waals surface area contributed by atoms with E-state index in [-0.39, 0.29) is 33.3 Å². The number of pyridine rings is 1. The molecule has 1 heterocycles. The number of nitriles is 1. The molecule has 0 spiro atoms. The van der Waals surface area contributed by atoms with Crippen molar-refractivity contribution in [1.82, 2.24) is 4.98 Å². The molecule has 170 valence electrons. The lowest BCUT2D eigenvalue weighted by Gasteiger charge is -2.14. The van der Waals surface area contributed by atoms with Crippen LogP contribution in [0, 0.1) is 17.1 Å². The number of thioether (sulfide) groups is 1. The van der Waals surface area contributed by atoms with E-state index >= 15 is 0 Å². The van der Waals surface area contributed by atoms with E-state index in [0.29, 0.717) is 17.8 Å². The monoisotopic (exact) mass is 482 g/mol. The molecule has 0 atom stereocenters. The number of aromatic nitrogens is 1. The van der Waals surface area contributed by atoms with E-state index in [9.17, 15) is 36.4 Å². The van der Waals surface area contributed by atoms with E-state index in [0.717, 1.165) is 24.3 Å². The predicted molar refractivity (Wildman–Crippen MR) is 107 cm³/mol. The molecule has 0 saturated heterocycles. The topological polar surface area (TPSA) is 63.0 Å². The van der Waals surface area contributed by atoms with E-state index in [2.05, 4.69) is 9.72 Å². The molecule has 3 rings (SSSR count). The lowest BCUT2D eigenvalue weighted by atomic mass is 10.1. The number of ketones is 1. The highest BCUT2D eigenvalue weighted by molar-refractivity contribution is 8.00. The van der Waals surface area contributed by atoms with Crippen molar-refractivity contribution in [2.24, 2.45) is 0 Å². The van der Waals surface area contributed by atoms with Gasteiger partial charge in [0, 0.05) is 11.1 Å². The zero-order valence-electron chi connectivity index (χ0n) is 16.4. The molecular weight excluding hydrogens is 470 g/mol. The first-order valence-corrected chi connectivity index (χ1v) is 10.1. The second-order valence-corrected chi connectivity index (χ2v) is 7.43. The van der Waals surface area contributed by atoms with Gasteiger partial charge in [0.1, 0.15) is 22.7 Å². The fourth-order valence-electron chi connectivity index (χ4n) is 2.77. The van der Waals surface area contributed by atoms with Gasteiger partial charge in [-0.2, -0.15) is 27.2 Å². The Bertz CT molecular complexity index is 1190. The predicted octanol–water partition coefficient (Wildman–Crippen LogP) is 6.35. The third-order valence-electron chi connectivity index (χ3n) is 4.28. The molecule has 0 N–H and O–H groups in total. The minimum absolute atomic E-state index is 0.143. The zero-order chi connectivity index (χ0) is 24.2. The van der Waals surface area contributed by atoms with Crippen molar-refractivity contribution in [2.45, 2.75) is 17.8 Å². The van der Waals surface area contributed by atoms with Crippen LogP contribution in [-0.2, 0) is 6.18 Å². The highest BCUT2D eigenvalue weighted by atomic mass is 32.2. The fraction of sp³-hybridized carbons (Fsp3) is 0.136. The summed E-state index contributed by atoms with van der Waals surface area (Å²) in [5.74, 6) is -1.61. The van der Waals surface area contributed by atoms with Crippen LogP contribution in [0.15, 0.2) is 59.6 Å². The van der Waals surface area contributed by atoms with Crippen molar-refractivity contribution >= 4 is 17.5 Å². The average Bonchev–Trinajstić information content (AvgIpc) is 2.76. The number of nitrogens with zero attached hydrogens (tertiary/aromatic N) is 2. The van der Waals surface area contributed by atoms with E-state index in [1.807, 2.05) is 0 Å². The number of ether oxygens (including phenoxy) is 1. The lowest BCUT2D eigenvalue weighted by Crippen LogP contribution is -2.11. The summed E-state index contributed by atoms with van der Waals surface area (Å²) in [7, 11) is 0. The van der Waals surface area contributed by atoms with Gasteiger partial charge in [0.25, 0.3) is 0 Å². The molecule has 0 aliphatic heterocycles. The Hall–Kier alpha value is -3.52. The van der Waals surface area contributed by atoms with E-state index in [1.54, 1.807) is 0 Å². The number of benzene rings is 2. The summed E-state index contributed by atoms with van der Waals surface area (Å²) in [6.45, 7) is -3.07. The highest BCUT2D eigenvalue weighted by Crippen LogP contribution is 2.38. The molecule has 0 saturated carbocycles. The van der Waals surface area contributed by atoms with Crippen molar-refractivity contribution in [3.05, 3.63) is 77.1 Å². The van der Waals surface area contributed by atoms with E-state index in [1.165, 1.54) is 30.3 Å². The van der Waals surface area contributed by atoms with Crippen LogP contribution in [0.5, 0.6) is 5.75 Å². The molecule has 4 nitrogen and oxygen atoms in total. The Kier molecular flexibility index (Phi) is 7.28. The van der Waals surface area contributed by atoms with E-state index < -0.39 is 35.5 Å². The number of rotatable bonds is 7. The minimum Gasteiger partial charge on any atom is -0.435 e. The molecule has 33 heavy (non-hydrogen) atoms. The zero-order valence-corrected chi connectivity index (χ0v) is 17.2. The number of alkyl halides is 5. The van der Waals surface area contributed by atoms with Crippen LogP contribution in [-0.4, -0.2) is 23.1 Å². The van der Waals surface area contributed by atoms with Crippen LogP contribution in [0.4, 0.5) is 26.3 Å². The third kappa shape index (κ3) is 6.04. The largest absolute Gasteiger partial charge is 0.435 e. The minimum atomic E-state index is -4.89. The summed E-state index contributed by atoms with van der Waals surface area (Å²) in [6.07, 6.45) is -4.89. The summed E-state index contributed by atoms with van der Waals surface area (Å²) in [5, 5.41) is 9.01. The quantitative estimate of drug-likeness (QED) is 0.223. The van der Waals surface area contributed by atoms with Gasteiger partial charge in [0.2, 0.25) is 0 Å². The van der Waals surface area contributed by atoms with Gasteiger partial charge in [-0.3, -0.25) is 4.79 Å². The number of carbonyl (C=O) groups is 1. The Labute approximate surface area is 187 Å². The molecule has 0 unspecified atom stereocenters. The van der Waals surface area contributed by atoms with Crippen LogP contribution < -0.4 is 4.74 Å². The maximum Gasteiger partial charge on any atom is 0.417 e. The molecule has 2 aromatic carbocycles. The molecule has 0 aliphatic carbocycles. The highest BCUT2D eigenvalue weighted by Gasteiger charge is 2.36. The fourth-order valence-corrected chi connectivity index (χ4v) is 3.66. The van der Waals surface area contributed by atoms with Crippen molar-refractivity contribution in [2.75, 3.05) is 5.75 Å². The van der Waals surface area contributed by atoms with E-state index in [4.69, 9.17) is 0 Å². The Morgan fingerprint density at radius 2 is 1.73 bits per heavy atom. The first kappa shape index (κ1) is 24.1. The number of carbonyl (C=O) groups excluding carboxylic acids is 1. The Morgan fingerprint density at radius 3 is 2.27 bits per heavy atom. The maximum absolute atomic E-state index is 13.6. The Balaban J connectivity index is 1.97. The standard InChI is InChI=1S/C22H12F6N2O2S/c23-14-5-1-13(2-6-14)19(31)11-33-20-16(10-29)17(22(26,27)28)9-18(30-20)12-3-7-15(8-4-12)32-21(24)25/h1-9,21H,11H2. The lowest BCUT2D eigenvalue weighted by molar-refractivity contribution is -0.138. The first-order chi connectivity index (χ1) is 15.6. The summed E-state index contributed by atoms with van der Waals surface area (Å²) in [5.41, 5.74) is -1.88. The molecule has 1 aromatic heterocycles. The number of hydrogen-bond acceptors (Lipinski definition) is 5. The second kappa shape index (κ2) is 9.95. The summed E-state index contributed by atoms with van der Waals surface area (Å²) in [4.78, 5) is 16.4. The van der Waals surface area contributed by atoms with Gasteiger partial charge in [0.05, 0.1) is 22.6 Å². The van der Waals surface area contributed by atoms with Crippen LogP contribution >= 0.6 is 11.8 Å². The summed E-state index contributed by atoms with van der Waals surface area (Å²) in [6, 6.07) is 11.5. The van der Waals surface area contributed by atoms with Crippen molar-refractivity contribution in [3.63, 3.8) is 0 Å². The molecule has 11 heteroatoms. The second-order valence-electron chi connectivity index (χ2n) is 6.47. The van der Waals surface area contributed by atoms with Gasteiger partial charge in [-0.05, 0) is 54.6 Å². The molecule has 0 radical (unpaired) electrons. The number of halogens is 6. The van der Waals surface area contributed by atoms with Crippen molar-refractivity contribution in [3.8, 4) is 23.1 Å². The van der Waals surface area contributed by atoms with Gasteiger partial charge in [-0.25, -0.2) is 9.37 Å². The van der Waals surface area contributed by atoms with Crippen LogP contribution in [0.3, 0.4) is 0 Å². The molecule has 0 fully saturated rings. The van der Waals surface area contributed by atoms with Crippen LogP contribution in [0.2, 0.25) is 0 Å². The number of Topliss-reactive ketones (excluding diaryl/α,β-unsaturated/α-hetero) is 1. The van der Waals surface area contributed by atoms with Gasteiger partial charge in [0.15, 0.2) is 5.78 Å². The van der Waals surface area contributed by atoms with Gasteiger partial charge >= 0.3 is 12.8 Å².